The number of carbonyl (C=O) groups excluding carboxylic acids is 3. The monoisotopic (exact) mass is 420 g/mol. The van der Waals surface area contributed by atoms with Crippen molar-refractivity contribution in [1.29, 1.82) is 0 Å². The predicted molar refractivity (Wildman–Crippen MR) is 107 cm³/mol. The van der Waals surface area contributed by atoms with Crippen LogP contribution in [0.5, 0.6) is 0 Å². The molecule has 9 nitrogen and oxygen atoms in total. The Kier molecular flexibility index (Phi) is 6.02. The number of amides is 3. The van der Waals surface area contributed by atoms with Crippen molar-refractivity contribution in [2.24, 2.45) is 5.10 Å². The van der Waals surface area contributed by atoms with Gasteiger partial charge in [0.15, 0.2) is 9.84 Å². The Morgan fingerprint density at radius 1 is 1.24 bits per heavy atom. The summed E-state index contributed by atoms with van der Waals surface area (Å²) in [7, 11) is 0.0337. The third kappa shape index (κ3) is 4.81. The lowest BCUT2D eigenvalue weighted by atomic mass is 10.1. The number of hydrogen-bond donors (Lipinski definition) is 1. The number of carbonyl (C=O) groups is 3. The molecule has 2 heterocycles. The summed E-state index contributed by atoms with van der Waals surface area (Å²) in [6, 6.07) is 6.42. The molecule has 3 rings (SSSR count). The first kappa shape index (κ1) is 21.0. The summed E-state index contributed by atoms with van der Waals surface area (Å²) in [4.78, 5) is 38.1. The van der Waals surface area contributed by atoms with Gasteiger partial charge in [0, 0.05) is 39.0 Å². The average Bonchev–Trinajstić information content (AvgIpc) is 3.07. The number of nitrogens with zero attached hydrogens (tertiary/aromatic N) is 3. The minimum atomic E-state index is -3.16. The molecule has 0 radical (unpaired) electrons. The minimum absolute atomic E-state index is 0.0339. The van der Waals surface area contributed by atoms with Crippen LogP contribution in [0.1, 0.15) is 35.2 Å². The van der Waals surface area contributed by atoms with Crippen molar-refractivity contribution in [3.63, 3.8) is 0 Å². The van der Waals surface area contributed by atoms with Crippen molar-refractivity contribution < 1.29 is 22.8 Å². The van der Waals surface area contributed by atoms with Crippen molar-refractivity contribution in [3.05, 3.63) is 35.4 Å². The van der Waals surface area contributed by atoms with Crippen LogP contribution >= 0.6 is 0 Å². The van der Waals surface area contributed by atoms with E-state index in [1.54, 1.807) is 38.4 Å². The zero-order valence-corrected chi connectivity index (χ0v) is 17.2. The molecule has 1 atom stereocenters. The van der Waals surface area contributed by atoms with Crippen LogP contribution in [0.4, 0.5) is 0 Å². The van der Waals surface area contributed by atoms with Gasteiger partial charge in [-0.25, -0.2) is 13.4 Å². The Morgan fingerprint density at radius 2 is 1.93 bits per heavy atom. The van der Waals surface area contributed by atoms with Gasteiger partial charge in [-0.3, -0.25) is 14.4 Å². The number of sulfone groups is 1. The molecule has 0 aliphatic carbocycles. The number of hydrazone groups is 1. The summed E-state index contributed by atoms with van der Waals surface area (Å²) in [5, 5.41) is 7.95. The highest BCUT2D eigenvalue weighted by atomic mass is 32.2. The minimum Gasteiger partial charge on any atom is -0.355 e. The first-order valence-corrected chi connectivity index (χ1v) is 11.2. The maximum Gasteiger partial charge on any atom is 0.270 e. The topological polar surface area (TPSA) is 116 Å². The van der Waals surface area contributed by atoms with Gasteiger partial charge in [0.1, 0.15) is 5.71 Å². The van der Waals surface area contributed by atoms with Gasteiger partial charge in [-0.15, -0.1) is 0 Å². The van der Waals surface area contributed by atoms with E-state index in [1.807, 2.05) is 0 Å². The van der Waals surface area contributed by atoms with Gasteiger partial charge in [0.05, 0.1) is 17.5 Å². The van der Waals surface area contributed by atoms with Crippen LogP contribution in [0.3, 0.4) is 0 Å². The van der Waals surface area contributed by atoms with Crippen molar-refractivity contribution in [3.8, 4) is 0 Å². The molecule has 1 fully saturated rings. The Bertz CT molecular complexity index is 955. The lowest BCUT2D eigenvalue weighted by molar-refractivity contribution is -0.134. The molecule has 10 heteroatoms. The fourth-order valence-corrected chi connectivity index (χ4v) is 5.14. The van der Waals surface area contributed by atoms with Gasteiger partial charge in [0.25, 0.3) is 11.8 Å². The van der Waals surface area contributed by atoms with E-state index < -0.39 is 15.9 Å². The van der Waals surface area contributed by atoms with Crippen LogP contribution < -0.4 is 5.32 Å². The highest BCUT2D eigenvalue weighted by Gasteiger charge is 2.37. The van der Waals surface area contributed by atoms with E-state index in [1.165, 1.54) is 9.91 Å². The molecular weight excluding hydrogens is 396 g/mol. The normalized spacial score (nSPS) is 20.9. The zero-order valence-electron chi connectivity index (χ0n) is 16.4. The number of rotatable bonds is 5. The Balaban J connectivity index is 1.69. The molecule has 1 aromatic carbocycles. The average molecular weight is 420 g/mol. The molecular formula is C19H24N4O5S. The van der Waals surface area contributed by atoms with Crippen molar-refractivity contribution >= 4 is 33.3 Å². The van der Waals surface area contributed by atoms with Crippen LogP contribution in [0.2, 0.25) is 0 Å². The van der Waals surface area contributed by atoms with Gasteiger partial charge < -0.3 is 10.2 Å². The van der Waals surface area contributed by atoms with E-state index in [0.29, 0.717) is 18.5 Å². The standard InChI is InChI=1S/C19H24N4O5S/c1-20-18(25)14-5-3-13(4-6-14)11-22(2)19(26)16-7-8-17(24)23(21-16)15-9-10-29(27,28)12-15/h3-6,15H,7-12H2,1-2H3,(H,20,25)/t15-/m1/s1. The smallest absolute Gasteiger partial charge is 0.270 e. The number of nitrogens with one attached hydrogen (secondary N) is 1. The quantitative estimate of drug-likeness (QED) is 0.729. The molecule has 29 heavy (non-hydrogen) atoms. The van der Waals surface area contributed by atoms with Crippen molar-refractivity contribution in [2.75, 3.05) is 25.6 Å². The van der Waals surface area contributed by atoms with Crippen molar-refractivity contribution in [2.45, 2.75) is 31.8 Å². The summed E-state index contributed by atoms with van der Waals surface area (Å²) in [5.41, 5.74) is 1.63. The van der Waals surface area contributed by atoms with E-state index in [-0.39, 0.29) is 47.8 Å². The number of hydrogen-bond acceptors (Lipinski definition) is 6. The second kappa shape index (κ2) is 8.32. The van der Waals surface area contributed by atoms with Gasteiger partial charge in [0.2, 0.25) is 5.91 Å². The summed E-state index contributed by atoms with van der Waals surface area (Å²) in [6.45, 7) is 0.317. The van der Waals surface area contributed by atoms with Gasteiger partial charge >= 0.3 is 0 Å². The Hall–Kier alpha value is -2.75. The van der Waals surface area contributed by atoms with E-state index in [9.17, 15) is 22.8 Å². The number of benzene rings is 1. The predicted octanol–water partition coefficient (Wildman–Crippen LogP) is 0.170. The molecule has 1 aromatic rings. The van der Waals surface area contributed by atoms with E-state index in [0.717, 1.165) is 5.56 Å². The molecule has 0 spiro atoms. The SMILES string of the molecule is CNC(=O)c1ccc(CN(C)C(=O)C2=NN([C@@H]3CCS(=O)(=O)C3)C(=O)CC2)cc1. The molecule has 0 saturated carbocycles. The molecule has 0 bridgehead atoms. The lowest BCUT2D eigenvalue weighted by Crippen LogP contribution is -2.44. The van der Waals surface area contributed by atoms with Gasteiger partial charge in [-0.05, 0) is 24.1 Å². The third-order valence-corrected chi connectivity index (χ3v) is 6.82. The van der Waals surface area contributed by atoms with E-state index >= 15 is 0 Å². The molecule has 1 N–H and O–H groups in total. The van der Waals surface area contributed by atoms with Gasteiger partial charge in [-0.1, -0.05) is 12.1 Å². The third-order valence-electron chi connectivity index (χ3n) is 5.07. The molecule has 2 aliphatic rings. The molecule has 1 saturated heterocycles. The fraction of sp³-hybridized carbons (Fsp3) is 0.474. The highest BCUT2D eigenvalue weighted by molar-refractivity contribution is 7.91. The van der Waals surface area contributed by atoms with Crippen LogP contribution in [-0.4, -0.2) is 73.4 Å². The second-order valence-corrected chi connectivity index (χ2v) is 9.51. The van der Waals surface area contributed by atoms with E-state index in [4.69, 9.17) is 0 Å². The summed E-state index contributed by atoms with van der Waals surface area (Å²) < 4.78 is 23.4. The molecule has 3 amide bonds. The maximum absolute atomic E-state index is 12.8. The second-order valence-electron chi connectivity index (χ2n) is 7.28. The Morgan fingerprint density at radius 3 is 2.52 bits per heavy atom. The maximum atomic E-state index is 12.8. The van der Waals surface area contributed by atoms with Crippen LogP contribution in [0, 0.1) is 0 Å². The van der Waals surface area contributed by atoms with Crippen LogP contribution in [-0.2, 0) is 26.0 Å². The summed E-state index contributed by atoms with van der Waals surface area (Å²) >= 11 is 0. The molecule has 0 aromatic heterocycles. The summed E-state index contributed by atoms with van der Waals surface area (Å²) in [5.74, 6) is -0.824. The fourth-order valence-electron chi connectivity index (χ4n) is 3.45. The van der Waals surface area contributed by atoms with Crippen LogP contribution in [0.25, 0.3) is 0 Å². The zero-order chi connectivity index (χ0) is 21.2. The first-order chi connectivity index (χ1) is 13.7. The highest BCUT2D eigenvalue weighted by Crippen LogP contribution is 2.22. The van der Waals surface area contributed by atoms with E-state index in [2.05, 4.69) is 10.4 Å². The lowest BCUT2D eigenvalue weighted by Gasteiger charge is -2.29. The first-order valence-electron chi connectivity index (χ1n) is 9.36. The molecule has 2 aliphatic heterocycles. The van der Waals surface area contributed by atoms with Gasteiger partial charge in [-0.2, -0.15) is 5.10 Å². The molecule has 0 unspecified atom stereocenters. The largest absolute Gasteiger partial charge is 0.355 e. The Labute approximate surface area is 169 Å². The molecule has 156 valence electrons. The van der Waals surface area contributed by atoms with Crippen molar-refractivity contribution in [1.82, 2.24) is 15.2 Å². The summed E-state index contributed by atoms with van der Waals surface area (Å²) in [6.07, 6.45) is 0.704. The van der Waals surface area contributed by atoms with Crippen LogP contribution in [0.15, 0.2) is 29.4 Å².